The third-order valence-electron chi connectivity index (χ3n) is 6.77. The van der Waals surface area contributed by atoms with Crippen molar-refractivity contribution in [2.45, 2.75) is 25.8 Å². The molecule has 6 heteroatoms. The molecule has 0 bridgehead atoms. The Morgan fingerprint density at radius 3 is 2.58 bits per heavy atom. The minimum Gasteiger partial charge on any atom is -0.342 e. The maximum atomic E-state index is 12.5. The number of aromatic nitrogens is 3. The number of likely N-dealkylation sites (tertiary alicyclic amines) is 1. The van der Waals surface area contributed by atoms with Gasteiger partial charge in [-0.05, 0) is 60.6 Å². The van der Waals surface area contributed by atoms with Gasteiger partial charge in [0, 0.05) is 42.3 Å². The van der Waals surface area contributed by atoms with Crippen molar-refractivity contribution in [1.29, 1.82) is 0 Å². The topological polar surface area (TPSA) is 51.0 Å². The van der Waals surface area contributed by atoms with Gasteiger partial charge in [-0.1, -0.05) is 48.0 Å². The Hall–Kier alpha value is -3.18. The van der Waals surface area contributed by atoms with Crippen LogP contribution >= 0.6 is 11.6 Å². The molecule has 4 aromatic rings. The van der Waals surface area contributed by atoms with Crippen molar-refractivity contribution in [2.24, 2.45) is 11.8 Å². The van der Waals surface area contributed by atoms with Gasteiger partial charge in [0.25, 0.3) is 0 Å². The molecule has 0 spiro atoms. The van der Waals surface area contributed by atoms with Crippen LogP contribution in [0.1, 0.15) is 19.3 Å². The van der Waals surface area contributed by atoms with E-state index in [4.69, 9.17) is 16.6 Å². The molecule has 0 radical (unpaired) electrons. The molecule has 2 fully saturated rings. The van der Waals surface area contributed by atoms with Crippen LogP contribution in [0.25, 0.3) is 33.7 Å². The standard InChI is InChI=1S/C27H25ClN4O/c28-23-4-1-3-22(15-23)19-6-8-20(9-7-19)25-30-24-5-2-13-29-26(24)32(25)17-18-12-14-31(16-18)27(33)21-10-11-21/h1-9,13,15,18,21H,10-12,14,16-17H2/t18-/m1/s1. The molecule has 0 N–H and O–H groups in total. The lowest BCUT2D eigenvalue weighted by atomic mass is 10.0. The van der Waals surface area contributed by atoms with Crippen LogP contribution in [0.4, 0.5) is 0 Å². The molecule has 1 saturated carbocycles. The molecule has 1 aliphatic carbocycles. The van der Waals surface area contributed by atoms with Crippen molar-refractivity contribution in [3.05, 3.63) is 71.9 Å². The fourth-order valence-corrected chi connectivity index (χ4v) is 5.05. The Balaban J connectivity index is 1.30. The van der Waals surface area contributed by atoms with E-state index in [2.05, 4.69) is 44.8 Å². The summed E-state index contributed by atoms with van der Waals surface area (Å²) in [4.78, 5) is 24.2. The van der Waals surface area contributed by atoms with E-state index >= 15 is 0 Å². The lowest BCUT2D eigenvalue weighted by Gasteiger charge is -2.17. The molecule has 1 saturated heterocycles. The lowest BCUT2D eigenvalue weighted by Crippen LogP contribution is -2.30. The number of hydrogen-bond acceptors (Lipinski definition) is 3. The van der Waals surface area contributed by atoms with Crippen LogP contribution in [0, 0.1) is 11.8 Å². The van der Waals surface area contributed by atoms with Crippen molar-refractivity contribution in [2.75, 3.05) is 13.1 Å². The van der Waals surface area contributed by atoms with Gasteiger partial charge < -0.3 is 9.47 Å². The zero-order chi connectivity index (χ0) is 22.4. The van der Waals surface area contributed by atoms with E-state index in [9.17, 15) is 4.79 Å². The third-order valence-corrected chi connectivity index (χ3v) is 7.00. The molecule has 2 aromatic heterocycles. The van der Waals surface area contributed by atoms with Crippen molar-refractivity contribution < 1.29 is 4.79 Å². The van der Waals surface area contributed by atoms with Gasteiger partial charge in [0.15, 0.2) is 5.65 Å². The van der Waals surface area contributed by atoms with E-state index in [1.165, 1.54) is 0 Å². The highest BCUT2D eigenvalue weighted by molar-refractivity contribution is 6.30. The largest absolute Gasteiger partial charge is 0.342 e. The highest BCUT2D eigenvalue weighted by atomic mass is 35.5. The number of halogens is 1. The number of imidazole rings is 1. The first kappa shape index (κ1) is 20.4. The predicted octanol–water partition coefficient (Wildman–Crippen LogP) is 5.68. The first-order valence-corrected chi connectivity index (χ1v) is 12.0. The van der Waals surface area contributed by atoms with E-state index in [-0.39, 0.29) is 5.92 Å². The van der Waals surface area contributed by atoms with Gasteiger partial charge in [-0.15, -0.1) is 0 Å². The quantitative estimate of drug-likeness (QED) is 0.388. The molecule has 3 heterocycles. The zero-order valence-electron chi connectivity index (χ0n) is 18.3. The Morgan fingerprint density at radius 1 is 0.970 bits per heavy atom. The van der Waals surface area contributed by atoms with Crippen molar-refractivity contribution in [1.82, 2.24) is 19.4 Å². The number of hydrogen-bond donors (Lipinski definition) is 0. The molecule has 0 unspecified atom stereocenters. The van der Waals surface area contributed by atoms with Gasteiger partial charge >= 0.3 is 0 Å². The van der Waals surface area contributed by atoms with Gasteiger partial charge in [0.05, 0.1) is 0 Å². The van der Waals surface area contributed by atoms with Crippen LogP contribution in [-0.2, 0) is 11.3 Å². The maximum Gasteiger partial charge on any atom is 0.225 e. The second kappa shape index (κ2) is 8.31. The Bertz CT molecular complexity index is 1330. The van der Waals surface area contributed by atoms with Crippen LogP contribution in [0.2, 0.25) is 5.02 Å². The number of fused-ring (bicyclic) bond motifs is 1. The monoisotopic (exact) mass is 456 g/mol. The SMILES string of the molecule is O=C(C1CC1)N1CC[C@@H](Cn2c(-c3ccc(-c4cccc(Cl)c4)cc3)nc3cccnc32)C1. The van der Waals surface area contributed by atoms with Crippen LogP contribution < -0.4 is 0 Å². The van der Waals surface area contributed by atoms with Crippen molar-refractivity contribution in [3.63, 3.8) is 0 Å². The van der Waals surface area contributed by atoms with E-state index in [0.717, 1.165) is 77.6 Å². The fraction of sp³-hybridized carbons (Fsp3) is 0.296. The summed E-state index contributed by atoms with van der Waals surface area (Å²) in [6.07, 6.45) is 4.97. The van der Waals surface area contributed by atoms with Gasteiger partial charge in [-0.3, -0.25) is 4.79 Å². The number of nitrogens with zero attached hydrogens (tertiary/aromatic N) is 4. The minimum absolute atomic E-state index is 0.285. The highest BCUT2D eigenvalue weighted by Crippen LogP contribution is 2.34. The Morgan fingerprint density at radius 2 is 1.79 bits per heavy atom. The van der Waals surface area contributed by atoms with Gasteiger partial charge in [-0.25, -0.2) is 9.97 Å². The molecular formula is C27H25ClN4O. The number of carbonyl (C=O) groups excluding carboxylic acids is 1. The smallest absolute Gasteiger partial charge is 0.225 e. The van der Waals surface area contributed by atoms with E-state index in [1.54, 1.807) is 0 Å². The molecule has 1 aliphatic heterocycles. The van der Waals surface area contributed by atoms with Crippen LogP contribution in [-0.4, -0.2) is 38.4 Å². The predicted molar refractivity (Wildman–Crippen MR) is 131 cm³/mol. The van der Waals surface area contributed by atoms with Crippen LogP contribution in [0.15, 0.2) is 66.9 Å². The summed E-state index contributed by atoms with van der Waals surface area (Å²) in [5.74, 6) is 1.97. The summed E-state index contributed by atoms with van der Waals surface area (Å²) in [5, 5.41) is 0.732. The molecule has 1 amide bonds. The summed E-state index contributed by atoms with van der Waals surface area (Å²) in [7, 11) is 0. The van der Waals surface area contributed by atoms with Gasteiger partial charge in [0.1, 0.15) is 11.3 Å². The second-order valence-electron chi connectivity index (χ2n) is 9.19. The molecule has 166 valence electrons. The van der Waals surface area contributed by atoms with Crippen LogP contribution in [0.3, 0.4) is 0 Å². The lowest BCUT2D eigenvalue weighted by molar-refractivity contribution is -0.131. The minimum atomic E-state index is 0.285. The summed E-state index contributed by atoms with van der Waals surface area (Å²) in [6.45, 7) is 2.51. The maximum absolute atomic E-state index is 12.5. The third kappa shape index (κ3) is 4.02. The number of amides is 1. The van der Waals surface area contributed by atoms with E-state index in [1.807, 2.05) is 36.5 Å². The molecule has 6 rings (SSSR count). The first-order valence-electron chi connectivity index (χ1n) is 11.6. The highest BCUT2D eigenvalue weighted by Gasteiger charge is 2.36. The molecule has 2 aromatic carbocycles. The number of pyridine rings is 1. The number of rotatable bonds is 5. The molecule has 1 atom stereocenters. The average Bonchev–Trinajstić information content (AvgIpc) is 3.49. The second-order valence-corrected chi connectivity index (χ2v) is 9.63. The van der Waals surface area contributed by atoms with Gasteiger partial charge in [0.2, 0.25) is 5.91 Å². The van der Waals surface area contributed by atoms with Crippen LogP contribution in [0.5, 0.6) is 0 Å². The summed E-state index contributed by atoms with van der Waals surface area (Å²) in [5.41, 5.74) is 5.07. The average molecular weight is 457 g/mol. The summed E-state index contributed by atoms with van der Waals surface area (Å²) < 4.78 is 2.24. The van der Waals surface area contributed by atoms with E-state index < -0.39 is 0 Å². The number of benzene rings is 2. The van der Waals surface area contributed by atoms with Gasteiger partial charge in [-0.2, -0.15) is 0 Å². The normalized spacial score (nSPS) is 18.2. The van der Waals surface area contributed by atoms with E-state index in [0.29, 0.717) is 11.8 Å². The molecule has 5 nitrogen and oxygen atoms in total. The van der Waals surface area contributed by atoms with Crippen molar-refractivity contribution >= 4 is 28.7 Å². The summed E-state index contributed by atoms with van der Waals surface area (Å²) in [6, 6.07) is 20.3. The number of carbonyl (C=O) groups is 1. The fourth-order valence-electron chi connectivity index (χ4n) is 4.86. The Kier molecular flexibility index (Phi) is 5.14. The van der Waals surface area contributed by atoms with Crippen molar-refractivity contribution in [3.8, 4) is 22.5 Å². The molecule has 2 aliphatic rings. The molecular weight excluding hydrogens is 432 g/mol. The first-order chi connectivity index (χ1) is 16.2. The Labute approximate surface area is 198 Å². The summed E-state index contributed by atoms with van der Waals surface area (Å²) >= 11 is 6.17. The zero-order valence-corrected chi connectivity index (χ0v) is 19.1. The molecule has 33 heavy (non-hydrogen) atoms.